The molecule has 2 aromatic rings. The van der Waals surface area contributed by atoms with Crippen LogP contribution >= 0.6 is 0 Å². The van der Waals surface area contributed by atoms with Crippen molar-refractivity contribution in [3.63, 3.8) is 0 Å². The van der Waals surface area contributed by atoms with Gasteiger partial charge in [-0.15, -0.1) is 0 Å². The van der Waals surface area contributed by atoms with Crippen molar-refractivity contribution in [1.82, 2.24) is 9.78 Å². The van der Waals surface area contributed by atoms with Gasteiger partial charge < -0.3 is 4.74 Å². The van der Waals surface area contributed by atoms with Gasteiger partial charge in [-0.25, -0.2) is 4.68 Å². The maximum absolute atomic E-state index is 8.78. The predicted octanol–water partition coefficient (Wildman–Crippen LogP) is 3.07. The molecule has 2 rings (SSSR count). The fourth-order valence-corrected chi connectivity index (χ4v) is 1.96. The summed E-state index contributed by atoms with van der Waals surface area (Å²) < 4.78 is 7.05. The molecule has 1 aromatic heterocycles. The molecule has 0 aliphatic carbocycles. The Kier molecular flexibility index (Phi) is 3.86. The summed E-state index contributed by atoms with van der Waals surface area (Å²) in [5.74, 6) is 1.17. The molecule has 0 radical (unpaired) electrons. The van der Waals surface area contributed by atoms with E-state index in [1.807, 2.05) is 35.0 Å². The summed E-state index contributed by atoms with van der Waals surface area (Å²) in [5, 5.41) is 13.3. The normalized spacial score (nSPS) is 10.5. The molecule has 0 amide bonds. The molecule has 0 unspecified atom stereocenters. The zero-order chi connectivity index (χ0) is 13.8. The second-order valence-electron chi connectivity index (χ2n) is 4.66. The summed E-state index contributed by atoms with van der Waals surface area (Å²) in [6.45, 7) is 4.24. The molecule has 0 fully saturated rings. The second kappa shape index (κ2) is 5.57. The van der Waals surface area contributed by atoms with E-state index in [1.165, 1.54) is 0 Å². The third kappa shape index (κ3) is 2.76. The predicted molar refractivity (Wildman–Crippen MR) is 73.5 cm³/mol. The Morgan fingerprint density at radius 2 is 2.00 bits per heavy atom. The smallest absolute Gasteiger partial charge is 0.119 e. The van der Waals surface area contributed by atoms with E-state index >= 15 is 0 Å². The Balaban J connectivity index is 2.44. The zero-order valence-corrected chi connectivity index (χ0v) is 11.4. The molecule has 0 bridgehead atoms. The van der Waals surface area contributed by atoms with Crippen LogP contribution in [0.25, 0.3) is 5.69 Å². The van der Waals surface area contributed by atoms with Gasteiger partial charge in [-0.3, -0.25) is 0 Å². The van der Waals surface area contributed by atoms with Gasteiger partial charge in [0.1, 0.15) is 5.75 Å². The SMILES string of the molecule is COc1ccc(-n2nc(CC#N)cc2C(C)C)cc1. The number of benzene rings is 1. The first kappa shape index (κ1) is 13.2. The molecule has 4 heteroatoms. The van der Waals surface area contributed by atoms with E-state index in [0.29, 0.717) is 12.3 Å². The summed E-state index contributed by atoms with van der Waals surface area (Å²) in [6, 6.07) is 11.9. The monoisotopic (exact) mass is 255 g/mol. The maximum atomic E-state index is 8.78. The van der Waals surface area contributed by atoms with Crippen LogP contribution in [0.2, 0.25) is 0 Å². The number of methoxy groups -OCH3 is 1. The fraction of sp³-hybridized carbons (Fsp3) is 0.333. The highest BCUT2D eigenvalue weighted by atomic mass is 16.5. The van der Waals surface area contributed by atoms with E-state index in [-0.39, 0.29) is 0 Å². The van der Waals surface area contributed by atoms with Gasteiger partial charge in [0.25, 0.3) is 0 Å². The molecular weight excluding hydrogens is 238 g/mol. The van der Waals surface area contributed by atoms with Crippen molar-refractivity contribution in [1.29, 1.82) is 5.26 Å². The lowest BCUT2D eigenvalue weighted by Crippen LogP contribution is -2.03. The van der Waals surface area contributed by atoms with Crippen molar-refractivity contribution < 1.29 is 4.74 Å². The van der Waals surface area contributed by atoms with Gasteiger partial charge >= 0.3 is 0 Å². The van der Waals surface area contributed by atoms with Crippen LogP contribution in [0.15, 0.2) is 30.3 Å². The first-order valence-electron chi connectivity index (χ1n) is 6.26. The minimum atomic E-state index is 0.336. The molecule has 19 heavy (non-hydrogen) atoms. The van der Waals surface area contributed by atoms with Crippen LogP contribution in [0.4, 0.5) is 0 Å². The summed E-state index contributed by atoms with van der Waals surface area (Å²) in [5.41, 5.74) is 2.89. The van der Waals surface area contributed by atoms with E-state index < -0.39 is 0 Å². The molecule has 0 N–H and O–H groups in total. The molecule has 0 saturated carbocycles. The van der Waals surface area contributed by atoms with Gasteiger partial charge in [-0.2, -0.15) is 10.4 Å². The number of nitriles is 1. The maximum Gasteiger partial charge on any atom is 0.119 e. The Bertz CT molecular complexity index is 591. The first-order valence-corrected chi connectivity index (χ1v) is 6.26. The number of aromatic nitrogens is 2. The minimum Gasteiger partial charge on any atom is -0.497 e. The largest absolute Gasteiger partial charge is 0.497 e. The minimum absolute atomic E-state index is 0.336. The van der Waals surface area contributed by atoms with E-state index in [0.717, 1.165) is 22.8 Å². The fourth-order valence-electron chi connectivity index (χ4n) is 1.96. The molecule has 4 nitrogen and oxygen atoms in total. The Morgan fingerprint density at radius 3 is 2.53 bits per heavy atom. The van der Waals surface area contributed by atoms with Crippen LogP contribution in [0.3, 0.4) is 0 Å². The standard InChI is InChI=1S/C15H17N3O/c1-11(2)15-10-12(8-9-16)17-18(15)13-4-6-14(19-3)7-5-13/h4-7,10-11H,8H2,1-3H3. The van der Waals surface area contributed by atoms with E-state index in [9.17, 15) is 0 Å². The van der Waals surface area contributed by atoms with Gasteiger partial charge in [0.15, 0.2) is 0 Å². The third-order valence-electron chi connectivity index (χ3n) is 2.96. The molecule has 0 atom stereocenters. The Labute approximate surface area is 113 Å². The van der Waals surface area contributed by atoms with Gasteiger partial charge in [-0.05, 0) is 36.2 Å². The van der Waals surface area contributed by atoms with E-state index in [4.69, 9.17) is 10.00 Å². The number of ether oxygens (including phenoxy) is 1. The highest BCUT2D eigenvalue weighted by Gasteiger charge is 2.12. The van der Waals surface area contributed by atoms with Crippen LogP contribution in [-0.4, -0.2) is 16.9 Å². The van der Waals surface area contributed by atoms with Crippen molar-refractivity contribution in [2.24, 2.45) is 0 Å². The highest BCUT2D eigenvalue weighted by molar-refractivity contribution is 5.39. The zero-order valence-electron chi connectivity index (χ0n) is 11.4. The molecule has 0 aliphatic rings. The van der Waals surface area contributed by atoms with Crippen molar-refractivity contribution in [3.8, 4) is 17.5 Å². The van der Waals surface area contributed by atoms with Crippen LogP contribution in [0, 0.1) is 11.3 Å². The Morgan fingerprint density at radius 1 is 1.32 bits per heavy atom. The number of nitrogens with zero attached hydrogens (tertiary/aromatic N) is 3. The van der Waals surface area contributed by atoms with E-state index in [1.54, 1.807) is 7.11 Å². The lowest BCUT2D eigenvalue weighted by molar-refractivity contribution is 0.414. The Hall–Kier alpha value is -2.28. The second-order valence-corrected chi connectivity index (χ2v) is 4.66. The van der Waals surface area contributed by atoms with Crippen molar-refractivity contribution >= 4 is 0 Å². The summed E-state index contributed by atoms with van der Waals surface area (Å²) >= 11 is 0. The molecule has 0 saturated heterocycles. The van der Waals surface area contributed by atoms with Gasteiger partial charge in [-0.1, -0.05) is 13.8 Å². The first-order chi connectivity index (χ1) is 9.15. The summed E-state index contributed by atoms with van der Waals surface area (Å²) in [6.07, 6.45) is 0.336. The van der Waals surface area contributed by atoms with Crippen molar-refractivity contribution in [2.75, 3.05) is 7.11 Å². The average Bonchev–Trinajstić information content (AvgIpc) is 2.83. The summed E-state index contributed by atoms with van der Waals surface area (Å²) in [4.78, 5) is 0. The molecule has 1 heterocycles. The highest BCUT2D eigenvalue weighted by Crippen LogP contribution is 2.22. The quantitative estimate of drug-likeness (QED) is 0.843. The van der Waals surface area contributed by atoms with Crippen molar-refractivity contribution in [2.45, 2.75) is 26.2 Å². The average molecular weight is 255 g/mol. The molecule has 98 valence electrons. The number of rotatable bonds is 4. The third-order valence-corrected chi connectivity index (χ3v) is 2.96. The molecule has 0 spiro atoms. The van der Waals surface area contributed by atoms with Crippen LogP contribution < -0.4 is 4.74 Å². The lowest BCUT2D eigenvalue weighted by atomic mass is 10.1. The molecular formula is C15H17N3O. The van der Waals surface area contributed by atoms with E-state index in [2.05, 4.69) is 25.0 Å². The topological polar surface area (TPSA) is 50.8 Å². The lowest BCUT2D eigenvalue weighted by Gasteiger charge is -2.10. The van der Waals surface area contributed by atoms with Gasteiger partial charge in [0.2, 0.25) is 0 Å². The number of hydrogen-bond donors (Lipinski definition) is 0. The van der Waals surface area contributed by atoms with Crippen LogP contribution in [0.1, 0.15) is 31.2 Å². The molecule has 0 aliphatic heterocycles. The van der Waals surface area contributed by atoms with Crippen LogP contribution in [-0.2, 0) is 6.42 Å². The summed E-state index contributed by atoms with van der Waals surface area (Å²) in [7, 11) is 1.65. The molecule has 1 aromatic carbocycles. The van der Waals surface area contributed by atoms with Gasteiger partial charge in [0, 0.05) is 5.69 Å². The number of hydrogen-bond acceptors (Lipinski definition) is 3. The van der Waals surface area contributed by atoms with Gasteiger partial charge in [0.05, 0.1) is 31.0 Å². The van der Waals surface area contributed by atoms with Crippen LogP contribution in [0.5, 0.6) is 5.75 Å². The van der Waals surface area contributed by atoms with Crippen molar-refractivity contribution in [3.05, 3.63) is 41.7 Å².